The molecule has 0 fully saturated rings. The molecule has 0 saturated heterocycles. The highest BCUT2D eigenvalue weighted by Gasteiger charge is 2.20. The van der Waals surface area contributed by atoms with E-state index in [1.165, 1.54) is 4.90 Å². The zero-order valence-electron chi connectivity index (χ0n) is 10.1. The number of hydrogen-bond donors (Lipinski definition) is 2. The maximum atomic E-state index is 11.9. The van der Waals surface area contributed by atoms with Crippen molar-refractivity contribution < 1.29 is 9.59 Å². The summed E-state index contributed by atoms with van der Waals surface area (Å²) in [4.78, 5) is 28.1. The van der Waals surface area contributed by atoms with Gasteiger partial charge in [-0.25, -0.2) is 4.98 Å². The molecule has 17 heavy (non-hydrogen) atoms. The number of nitrogens with two attached hydrogens (primary N) is 1. The van der Waals surface area contributed by atoms with Gasteiger partial charge in [0.25, 0.3) is 5.91 Å². The molecular weight excluding hydrogens is 222 g/mol. The minimum atomic E-state index is -0.551. The molecule has 0 aliphatic rings. The molecule has 1 aromatic heterocycles. The third kappa shape index (κ3) is 3.54. The molecule has 3 N–H and O–H groups in total. The van der Waals surface area contributed by atoms with Crippen molar-refractivity contribution in [3.63, 3.8) is 0 Å². The van der Waals surface area contributed by atoms with Crippen LogP contribution in [0.25, 0.3) is 0 Å². The molecule has 2 amide bonds. The van der Waals surface area contributed by atoms with Crippen LogP contribution in [0.1, 0.15) is 36.7 Å². The number of rotatable bonds is 6. The van der Waals surface area contributed by atoms with Gasteiger partial charge in [0.15, 0.2) is 0 Å². The summed E-state index contributed by atoms with van der Waals surface area (Å²) < 4.78 is 0. The zero-order valence-corrected chi connectivity index (χ0v) is 10.1. The molecule has 0 atom stereocenters. The lowest BCUT2D eigenvalue weighted by Gasteiger charge is -2.16. The van der Waals surface area contributed by atoms with Gasteiger partial charge in [-0.3, -0.25) is 14.7 Å². The van der Waals surface area contributed by atoms with E-state index in [-0.39, 0.29) is 18.3 Å². The number of hydrogen-bond acceptors (Lipinski definition) is 4. The van der Waals surface area contributed by atoms with Crippen LogP contribution >= 0.6 is 0 Å². The Bertz CT molecular complexity index is 401. The van der Waals surface area contributed by atoms with Crippen LogP contribution in [0.5, 0.6) is 0 Å². The standard InChI is InChI=1S/C10H17N5O2/c1-3-5-8-12-9(14-13-8)10(17)15(4-2)6-7(11)16/h3-6H2,1-2H3,(H2,11,16)(H,12,13,14). The fourth-order valence-electron chi connectivity index (χ4n) is 1.40. The third-order valence-electron chi connectivity index (χ3n) is 2.23. The van der Waals surface area contributed by atoms with Crippen LogP contribution in [0.4, 0.5) is 0 Å². The highest BCUT2D eigenvalue weighted by atomic mass is 16.2. The van der Waals surface area contributed by atoms with Gasteiger partial charge in [0.05, 0.1) is 6.54 Å². The number of carbonyl (C=O) groups excluding carboxylic acids is 2. The largest absolute Gasteiger partial charge is 0.368 e. The Kier molecular flexibility index (Phi) is 4.62. The van der Waals surface area contributed by atoms with Gasteiger partial charge in [-0.15, -0.1) is 5.10 Å². The van der Waals surface area contributed by atoms with E-state index in [0.717, 1.165) is 12.8 Å². The SMILES string of the molecule is CCCc1nc(C(=O)N(CC)CC(N)=O)n[nH]1. The van der Waals surface area contributed by atoms with Crippen molar-refractivity contribution in [2.75, 3.05) is 13.1 Å². The quantitative estimate of drug-likeness (QED) is 0.711. The molecule has 0 aliphatic carbocycles. The Labute approximate surface area is 99.4 Å². The summed E-state index contributed by atoms with van der Waals surface area (Å²) in [6.45, 7) is 4.04. The van der Waals surface area contributed by atoms with E-state index in [2.05, 4.69) is 15.2 Å². The maximum absolute atomic E-state index is 11.9. The van der Waals surface area contributed by atoms with E-state index in [1.54, 1.807) is 6.92 Å². The number of amides is 2. The molecule has 0 spiro atoms. The predicted molar refractivity (Wildman–Crippen MR) is 61.1 cm³/mol. The van der Waals surface area contributed by atoms with E-state index in [0.29, 0.717) is 12.4 Å². The van der Waals surface area contributed by atoms with Crippen LogP contribution in [-0.4, -0.2) is 45.0 Å². The number of aryl methyl sites for hydroxylation is 1. The van der Waals surface area contributed by atoms with Gasteiger partial charge in [0, 0.05) is 13.0 Å². The van der Waals surface area contributed by atoms with Crippen LogP contribution in [0, 0.1) is 0 Å². The van der Waals surface area contributed by atoms with Crippen LogP contribution in [0.15, 0.2) is 0 Å². The molecule has 1 heterocycles. The normalized spacial score (nSPS) is 10.2. The van der Waals surface area contributed by atoms with Crippen molar-refractivity contribution in [3.8, 4) is 0 Å². The number of carbonyl (C=O) groups is 2. The van der Waals surface area contributed by atoms with Gasteiger partial charge in [-0.05, 0) is 13.3 Å². The third-order valence-corrected chi connectivity index (χ3v) is 2.23. The van der Waals surface area contributed by atoms with Crippen molar-refractivity contribution >= 4 is 11.8 Å². The summed E-state index contributed by atoms with van der Waals surface area (Å²) in [6, 6.07) is 0. The number of likely N-dealkylation sites (N-methyl/N-ethyl adjacent to an activating group) is 1. The molecule has 1 rings (SSSR count). The smallest absolute Gasteiger partial charge is 0.293 e. The molecule has 0 saturated carbocycles. The van der Waals surface area contributed by atoms with E-state index in [4.69, 9.17) is 5.73 Å². The summed E-state index contributed by atoms with van der Waals surface area (Å²) in [5.74, 6) is -0.183. The lowest BCUT2D eigenvalue weighted by Crippen LogP contribution is -2.38. The number of aromatic amines is 1. The fourth-order valence-corrected chi connectivity index (χ4v) is 1.40. The van der Waals surface area contributed by atoms with Crippen LogP contribution < -0.4 is 5.73 Å². The molecule has 0 radical (unpaired) electrons. The summed E-state index contributed by atoms with van der Waals surface area (Å²) in [6.07, 6.45) is 1.66. The second-order valence-electron chi connectivity index (χ2n) is 3.64. The predicted octanol–water partition coefficient (Wildman–Crippen LogP) is -0.295. The molecule has 0 aliphatic heterocycles. The molecule has 0 unspecified atom stereocenters. The van der Waals surface area contributed by atoms with Gasteiger partial charge in [0.2, 0.25) is 11.7 Å². The zero-order chi connectivity index (χ0) is 12.8. The monoisotopic (exact) mass is 239 g/mol. The van der Waals surface area contributed by atoms with Crippen LogP contribution in [0.2, 0.25) is 0 Å². The molecule has 0 aromatic carbocycles. The lowest BCUT2D eigenvalue weighted by atomic mass is 10.3. The first-order valence-corrected chi connectivity index (χ1v) is 5.57. The topological polar surface area (TPSA) is 105 Å². The Morgan fingerprint density at radius 3 is 2.65 bits per heavy atom. The van der Waals surface area contributed by atoms with Crippen molar-refractivity contribution in [1.82, 2.24) is 20.1 Å². The molecule has 0 bridgehead atoms. The first kappa shape index (κ1) is 13.1. The molecule has 94 valence electrons. The van der Waals surface area contributed by atoms with Crippen LogP contribution in [-0.2, 0) is 11.2 Å². The van der Waals surface area contributed by atoms with Gasteiger partial charge >= 0.3 is 0 Å². The maximum Gasteiger partial charge on any atom is 0.293 e. The summed E-state index contributed by atoms with van der Waals surface area (Å²) in [5.41, 5.74) is 5.06. The van der Waals surface area contributed by atoms with E-state index in [9.17, 15) is 9.59 Å². The number of H-pyrrole nitrogens is 1. The Morgan fingerprint density at radius 2 is 2.12 bits per heavy atom. The minimum Gasteiger partial charge on any atom is -0.368 e. The van der Waals surface area contributed by atoms with Crippen molar-refractivity contribution in [2.45, 2.75) is 26.7 Å². The number of nitrogens with zero attached hydrogens (tertiary/aromatic N) is 3. The van der Waals surface area contributed by atoms with Gasteiger partial charge < -0.3 is 10.6 Å². The summed E-state index contributed by atoms with van der Waals surface area (Å²) in [7, 11) is 0. The van der Waals surface area contributed by atoms with E-state index < -0.39 is 5.91 Å². The minimum absolute atomic E-state index is 0.0801. The molecule has 7 heteroatoms. The highest BCUT2D eigenvalue weighted by molar-refractivity contribution is 5.93. The van der Waals surface area contributed by atoms with Crippen molar-refractivity contribution in [1.29, 1.82) is 0 Å². The number of primary amides is 1. The molecule has 7 nitrogen and oxygen atoms in total. The Morgan fingerprint density at radius 1 is 1.41 bits per heavy atom. The van der Waals surface area contributed by atoms with Gasteiger partial charge in [-0.2, -0.15) is 0 Å². The van der Waals surface area contributed by atoms with E-state index >= 15 is 0 Å². The second kappa shape index (κ2) is 5.97. The van der Waals surface area contributed by atoms with Gasteiger partial charge in [0.1, 0.15) is 5.82 Å². The Balaban J connectivity index is 2.75. The summed E-state index contributed by atoms with van der Waals surface area (Å²) >= 11 is 0. The lowest BCUT2D eigenvalue weighted by molar-refractivity contribution is -0.118. The fraction of sp³-hybridized carbons (Fsp3) is 0.600. The number of aromatic nitrogens is 3. The second-order valence-corrected chi connectivity index (χ2v) is 3.64. The highest BCUT2D eigenvalue weighted by Crippen LogP contribution is 2.01. The van der Waals surface area contributed by atoms with Gasteiger partial charge in [-0.1, -0.05) is 6.92 Å². The first-order chi connectivity index (χ1) is 8.08. The number of nitrogens with one attached hydrogen (secondary N) is 1. The molecule has 1 aromatic rings. The average molecular weight is 239 g/mol. The summed E-state index contributed by atoms with van der Waals surface area (Å²) in [5, 5.41) is 6.53. The first-order valence-electron chi connectivity index (χ1n) is 5.57. The van der Waals surface area contributed by atoms with Crippen molar-refractivity contribution in [3.05, 3.63) is 11.6 Å². The average Bonchev–Trinajstić information content (AvgIpc) is 2.74. The van der Waals surface area contributed by atoms with E-state index in [1.807, 2.05) is 6.92 Å². The van der Waals surface area contributed by atoms with Crippen molar-refractivity contribution in [2.24, 2.45) is 5.73 Å². The van der Waals surface area contributed by atoms with Crippen LogP contribution in [0.3, 0.4) is 0 Å². The Hall–Kier alpha value is -1.92. The molecular formula is C10H17N5O2.